The number of likely N-dealkylation sites (tertiary alicyclic amines) is 2. The summed E-state index contributed by atoms with van der Waals surface area (Å²) in [4.78, 5) is 54.9. The lowest BCUT2D eigenvalue weighted by atomic mass is 9.94. The number of amides is 3. The Hall–Kier alpha value is -4.29. The van der Waals surface area contributed by atoms with E-state index < -0.39 is 36.5 Å². The molecule has 2 N–H and O–H groups in total. The second kappa shape index (κ2) is 18.5. The largest absolute Gasteiger partial charge is 0.449 e. The van der Waals surface area contributed by atoms with Crippen LogP contribution in [0.2, 0.25) is 0 Å². The van der Waals surface area contributed by atoms with Gasteiger partial charge in [-0.1, -0.05) is 24.3 Å². The Morgan fingerprint density at radius 1 is 0.735 bits per heavy atom. The number of piperidine rings is 2. The van der Waals surface area contributed by atoms with Crippen LogP contribution in [0, 0.1) is 0 Å². The van der Waals surface area contributed by atoms with Gasteiger partial charge in [-0.15, -0.1) is 0 Å². The minimum Gasteiger partial charge on any atom is -0.449 e. The molecule has 2 aliphatic rings. The lowest BCUT2D eigenvalue weighted by Crippen LogP contribution is -2.44. The van der Waals surface area contributed by atoms with Gasteiger partial charge in [0.2, 0.25) is 0 Å². The van der Waals surface area contributed by atoms with E-state index in [2.05, 4.69) is 40.5 Å². The van der Waals surface area contributed by atoms with Crippen molar-refractivity contribution in [2.75, 3.05) is 55.7 Å². The number of ether oxygens (including phenoxy) is 1. The van der Waals surface area contributed by atoms with Gasteiger partial charge in [-0.2, -0.15) is 13.2 Å². The van der Waals surface area contributed by atoms with Gasteiger partial charge in [-0.3, -0.25) is 14.4 Å². The number of nitrogens with zero attached hydrogens (tertiary/aromatic N) is 4. The number of hydrogen-bond acceptors (Lipinski definition) is 7. The van der Waals surface area contributed by atoms with E-state index in [0.717, 1.165) is 74.4 Å². The number of carbonyl (C=O) groups excluding carboxylic acids is 4. The molecule has 4 rings (SSSR count). The van der Waals surface area contributed by atoms with Gasteiger partial charge in [0.15, 0.2) is 6.61 Å². The molecule has 2 aromatic carbocycles. The Kier molecular flexibility index (Phi) is 14.8. The number of halogens is 3. The first-order chi connectivity index (χ1) is 23.3. The van der Waals surface area contributed by atoms with Crippen LogP contribution in [0.25, 0.3) is 0 Å². The summed E-state index contributed by atoms with van der Waals surface area (Å²) in [6.45, 7) is 11.0. The third kappa shape index (κ3) is 10.9. The second-order valence-corrected chi connectivity index (χ2v) is 12.1. The standard InChI is InChI=1S/C19H25F3N2O3.C17H25N3O2/c1-3-23(4-2)15-9-7-8-14(12-15)16-10-5-6-11-24(16)17(25)18(26)27-13-19(20,21)22;1-3-19(4-2)14-9-7-8-13(12-14)15-10-5-6-11-20(15)17(22)16(18)21/h7-9,12,16H,3-6,10-11,13H2,1-2H3;7-9,12,15H,3-6,10-11H2,1-2H3,(H2,18,21). The van der Waals surface area contributed by atoms with E-state index in [9.17, 15) is 32.3 Å². The van der Waals surface area contributed by atoms with E-state index in [0.29, 0.717) is 25.9 Å². The van der Waals surface area contributed by atoms with Gasteiger partial charge >= 0.3 is 29.9 Å². The monoisotopic (exact) mass is 689 g/mol. The van der Waals surface area contributed by atoms with Crippen molar-refractivity contribution in [2.45, 2.75) is 84.5 Å². The van der Waals surface area contributed by atoms with Gasteiger partial charge in [0.05, 0.1) is 12.1 Å². The number of carbonyl (C=O) groups is 4. The van der Waals surface area contributed by atoms with Gasteiger partial charge in [-0.05, 0) is 102 Å². The highest BCUT2D eigenvalue weighted by Crippen LogP contribution is 2.34. The molecule has 0 radical (unpaired) electrons. The Morgan fingerprint density at radius 2 is 1.16 bits per heavy atom. The summed E-state index contributed by atoms with van der Waals surface area (Å²) in [5.74, 6) is -3.92. The predicted molar refractivity (Wildman–Crippen MR) is 183 cm³/mol. The number of esters is 1. The molecule has 0 aliphatic carbocycles. The minimum atomic E-state index is -4.66. The fourth-order valence-electron chi connectivity index (χ4n) is 6.55. The van der Waals surface area contributed by atoms with Gasteiger partial charge in [0.25, 0.3) is 0 Å². The van der Waals surface area contributed by atoms with Crippen molar-refractivity contribution < 1.29 is 37.1 Å². The van der Waals surface area contributed by atoms with Crippen molar-refractivity contribution in [3.05, 3.63) is 59.7 Å². The molecule has 0 saturated carbocycles. The third-order valence-corrected chi connectivity index (χ3v) is 9.05. The molecule has 0 aromatic heterocycles. The summed E-state index contributed by atoms with van der Waals surface area (Å²) in [6, 6.07) is 15.6. The molecule has 2 aromatic rings. The van der Waals surface area contributed by atoms with E-state index in [4.69, 9.17) is 5.73 Å². The number of nitrogens with two attached hydrogens (primary N) is 1. The lowest BCUT2D eigenvalue weighted by Gasteiger charge is -2.36. The Labute approximate surface area is 287 Å². The van der Waals surface area contributed by atoms with Crippen LogP contribution in [0.1, 0.15) is 89.4 Å². The first kappa shape index (κ1) is 39.2. The molecule has 3 amide bonds. The van der Waals surface area contributed by atoms with Crippen molar-refractivity contribution in [3.8, 4) is 0 Å². The summed E-state index contributed by atoms with van der Waals surface area (Å²) in [5, 5.41) is 0. The van der Waals surface area contributed by atoms with Crippen LogP contribution < -0.4 is 15.5 Å². The second-order valence-electron chi connectivity index (χ2n) is 12.1. The van der Waals surface area contributed by atoms with Crippen molar-refractivity contribution in [2.24, 2.45) is 5.73 Å². The van der Waals surface area contributed by atoms with Crippen LogP contribution in [-0.2, 0) is 23.9 Å². The third-order valence-electron chi connectivity index (χ3n) is 9.05. The zero-order valence-corrected chi connectivity index (χ0v) is 29.0. The topological polar surface area (TPSA) is 116 Å². The summed E-state index contributed by atoms with van der Waals surface area (Å²) < 4.78 is 40.9. The molecule has 2 heterocycles. The molecule has 0 bridgehead atoms. The number of benzene rings is 2. The number of anilines is 2. The molecule has 2 fully saturated rings. The first-order valence-corrected chi connectivity index (χ1v) is 17.2. The Bertz CT molecular complexity index is 1410. The molecular formula is C36H50F3N5O5. The Morgan fingerprint density at radius 3 is 1.55 bits per heavy atom. The van der Waals surface area contributed by atoms with E-state index in [1.165, 1.54) is 4.90 Å². The highest BCUT2D eigenvalue weighted by Gasteiger charge is 2.36. The molecule has 10 nitrogen and oxygen atoms in total. The molecular weight excluding hydrogens is 639 g/mol. The van der Waals surface area contributed by atoms with Crippen molar-refractivity contribution in [1.29, 1.82) is 0 Å². The van der Waals surface area contributed by atoms with Crippen LogP contribution in [0.4, 0.5) is 24.5 Å². The van der Waals surface area contributed by atoms with E-state index in [1.807, 2.05) is 50.2 Å². The molecule has 49 heavy (non-hydrogen) atoms. The highest BCUT2D eigenvalue weighted by molar-refractivity contribution is 6.34. The highest BCUT2D eigenvalue weighted by atomic mass is 19.4. The van der Waals surface area contributed by atoms with Gasteiger partial charge in [-0.25, -0.2) is 4.79 Å². The fourth-order valence-corrected chi connectivity index (χ4v) is 6.55. The maximum absolute atomic E-state index is 12.4. The SMILES string of the molecule is CCN(CC)c1cccc(C2CCCCN2C(=O)C(=O)OCC(F)(F)F)c1.CCN(CC)c1cccc(C2CCCCN2C(=O)C(N)=O)c1. The summed E-state index contributed by atoms with van der Waals surface area (Å²) in [6.07, 6.45) is 0.427. The quantitative estimate of drug-likeness (QED) is 0.263. The number of primary amides is 1. The lowest BCUT2D eigenvalue weighted by molar-refractivity contribution is -0.190. The molecule has 0 spiro atoms. The van der Waals surface area contributed by atoms with Gasteiger partial charge in [0, 0.05) is 50.6 Å². The summed E-state index contributed by atoms with van der Waals surface area (Å²) >= 11 is 0. The van der Waals surface area contributed by atoms with Crippen molar-refractivity contribution >= 4 is 35.1 Å². The van der Waals surface area contributed by atoms with Crippen LogP contribution in [0.15, 0.2) is 48.5 Å². The average Bonchev–Trinajstić information content (AvgIpc) is 3.11. The molecule has 2 aliphatic heterocycles. The maximum atomic E-state index is 12.4. The number of alkyl halides is 3. The van der Waals surface area contributed by atoms with Crippen LogP contribution in [-0.4, -0.2) is 85.5 Å². The van der Waals surface area contributed by atoms with Gasteiger partial charge < -0.3 is 30.1 Å². The smallest absolute Gasteiger partial charge is 0.422 e. The fraction of sp³-hybridized carbons (Fsp3) is 0.556. The normalized spacial score (nSPS) is 17.8. The summed E-state index contributed by atoms with van der Waals surface area (Å²) in [7, 11) is 0. The summed E-state index contributed by atoms with van der Waals surface area (Å²) in [5.41, 5.74) is 9.31. The number of hydrogen-bond donors (Lipinski definition) is 1. The van der Waals surface area contributed by atoms with Crippen LogP contribution in [0.3, 0.4) is 0 Å². The molecule has 270 valence electrons. The Balaban J connectivity index is 0.000000271. The molecule has 2 unspecified atom stereocenters. The molecule has 2 saturated heterocycles. The zero-order valence-electron chi connectivity index (χ0n) is 29.0. The van der Waals surface area contributed by atoms with Gasteiger partial charge in [0.1, 0.15) is 0 Å². The van der Waals surface area contributed by atoms with Crippen molar-refractivity contribution in [3.63, 3.8) is 0 Å². The first-order valence-electron chi connectivity index (χ1n) is 17.2. The number of rotatable bonds is 9. The van der Waals surface area contributed by atoms with Crippen molar-refractivity contribution in [1.82, 2.24) is 9.80 Å². The van der Waals surface area contributed by atoms with Crippen LogP contribution >= 0.6 is 0 Å². The minimum absolute atomic E-state index is 0.0516. The van der Waals surface area contributed by atoms with E-state index >= 15 is 0 Å². The predicted octanol–water partition coefficient (Wildman–Crippen LogP) is 5.76. The molecule has 2 atom stereocenters. The van der Waals surface area contributed by atoms with Crippen LogP contribution in [0.5, 0.6) is 0 Å². The zero-order chi connectivity index (χ0) is 36.1. The maximum Gasteiger partial charge on any atom is 0.422 e. The molecule has 13 heteroatoms. The van der Waals surface area contributed by atoms with E-state index in [1.54, 1.807) is 4.90 Å². The van der Waals surface area contributed by atoms with E-state index in [-0.39, 0.29) is 12.1 Å². The average molecular weight is 690 g/mol.